The predicted octanol–water partition coefficient (Wildman–Crippen LogP) is 7.95. The Morgan fingerprint density at radius 3 is 2.42 bits per heavy atom. The van der Waals surface area contributed by atoms with Crippen molar-refractivity contribution in [3.63, 3.8) is 0 Å². The lowest BCUT2D eigenvalue weighted by molar-refractivity contribution is -0.170. The zero-order chi connectivity index (χ0) is 32.2. The summed E-state index contributed by atoms with van der Waals surface area (Å²) < 4.78 is 26.3. The molecule has 1 N–H and O–H groups in total. The van der Waals surface area contributed by atoms with E-state index in [4.69, 9.17) is 18.6 Å². The lowest BCUT2D eigenvalue weighted by atomic mass is 9.68. The number of hydrogen-bond donors (Lipinski definition) is 1. The second-order valence-corrected chi connectivity index (χ2v) is 20.6. The summed E-state index contributed by atoms with van der Waals surface area (Å²) in [6.45, 7) is 23.8. The monoisotopic (exact) mass is 615 g/mol. The number of likely N-dealkylation sites (tertiary alicyclic amines) is 1. The van der Waals surface area contributed by atoms with Gasteiger partial charge in [-0.25, -0.2) is 4.79 Å². The SMILES string of the molecule is CC(C)=CCC[C@]1(C)Oc2c(ccc(C=O)c2O)[C@@H]2OCC3(C[C@@H](O[Si](C)(C)C(C)(C)C)CN3C(=O)OC(C)(C)C)C[C@H]21. The number of phenolic OH excluding ortho intramolecular Hbond substituents is 1. The van der Waals surface area contributed by atoms with Crippen LogP contribution in [0.2, 0.25) is 18.1 Å². The van der Waals surface area contributed by atoms with Crippen molar-refractivity contribution >= 4 is 20.7 Å². The Morgan fingerprint density at radius 2 is 1.84 bits per heavy atom. The van der Waals surface area contributed by atoms with E-state index < -0.39 is 25.1 Å². The van der Waals surface area contributed by atoms with Gasteiger partial charge < -0.3 is 23.7 Å². The number of aromatic hydroxyl groups is 1. The molecule has 43 heavy (non-hydrogen) atoms. The molecule has 3 aliphatic heterocycles. The van der Waals surface area contributed by atoms with Crippen LogP contribution in [0.5, 0.6) is 11.5 Å². The molecule has 0 radical (unpaired) electrons. The first-order chi connectivity index (χ1) is 19.7. The van der Waals surface area contributed by atoms with Gasteiger partial charge in [-0.05, 0) is 91.4 Å². The summed E-state index contributed by atoms with van der Waals surface area (Å²) in [6, 6.07) is 3.45. The fourth-order valence-corrected chi connectivity index (χ4v) is 7.93. The lowest BCUT2D eigenvalue weighted by Crippen LogP contribution is -2.60. The highest BCUT2D eigenvalue weighted by atomic mass is 28.4. The van der Waals surface area contributed by atoms with Crippen molar-refractivity contribution in [1.82, 2.24) is 4.90 Å². The van der Waals surface area contributed by atoms with E-state index >= 15 is 0 Å². The molecule has 0 bridgehead atoms. The molecule has 4 rings (SSSR count). The minimum atomic E-state index is -2.12. The van der Waals surface area contributed by atoms with Crippen LogP contribution in [0.15, 0.2) is 23.8 Å². The van der Waals surface area contributed by atoms with Gasteiger partial charge in [0, 0.05) is 18.0 Å². The number of fused-ring (bicyclic) bond motifs is 3. The van der Waals surface area contributed by atoms with Gasteiger partial charge in [0.2, 0.25) is 0 Å². The maximum Gasteiger partial charge on any atom is 0.410 e. The van der Waals surface area contributed by atoms with E-state index in [2.05, 4.69) is 60.7 Å². The number of ether oxygens (including phenoxy) is 3. The number of rotatable bonds is 6. The molecule has 0 aromatic heterocycles. The van der Waals surface area contributed by atoms with Crippen LogP contribution in [-0.4, -0.2) is 66.7 Å². The predicted molar refractivity (Wildman–Crippen MR) is 170 cm³/mol. The minimum Gasteiger partial charge on any atom is -0.504 e. The van der Waals surface area contributed by atoms with Crippen LogP contribution >= 0.6 is 0 Å². The molecule has 5 atom stereocenters. The van der Waals surface area contributed by atoms with E-state index in [1.807, 2.05) is 31.7 Å². The highest BCUT2D eigenvalue weighted by molar-refractivity contribution is 6.74. The largest absolute Gasteiger partial charge is 0.504 e. The highest BCUT2D eigenvalue weighted by Gasteiger charge is 2.60. The third-order valence-electron chi connectivity index (χ3n) is 9.88. The first-order valence-corrected chi connectivity index (χ1v) is 18.6. The lowest BCUT2D eigenvalue weighted by Gasteiger charge is -2.54. The van der Waals surface area contributed by atoms with E-state index in [-0.39, 0.29) is 40.6 Å². The number of carbonyl (C=O) groups excluding carboxylic acids is 2. The maximum absolute atomic E-state index is 13.8. The standard InChI is InChI=1S/C34H53NO7Si/c1-22(2)13-12-16-33(9)26-18-34(21-39-28(26)25-15-14-23(20-36)27(37)29(25)40-33)17-24(42-43(10,11)32(6,7)8)19-35(34)30(38)41-31(3,4)5/h13-15,20,24,26,28,37H,12,16-19,21H2,1-11H3/t24-,26-,28+,33+,34?/m1/s1. The van der Waals surface area contributed by atoms with Gasteiger partial charge in [0.05, 0.1) is 29.9 Å². The number of hydrogen-bond acceptors (Lipinski definition) is 7. The first-order valence-electron chi connectivity index (χ1n) is 15.7. The summed E-state index contributed by atoms with van der Waals surface area (Å²) in [5, 5.41) is 11.0. The molecule has 1 unspecified atom stereocenters. The molecular weight excluding hydrogens is 562 g/mol. The van der Waals surface area contributed by atoms with Gasteiger partial charge in [0.1, 0.15) is 11.2 Å². The fourth-order valence-electron chi connectivity index (χ4n) is 6.58. The van der Waals surface area contributed by atoms with Gasteiger partial charge in [0.15, 0.2) is 26.1 Å². The van der Waals surface area contributed by atoms with E-state index in [1.54, 1.807) is 6.07 Å². The second kappa shape index (κ2) is 11.5. The summed E-state index contributed by atoms with van der Waals surface area (Å²) in [5.74, 6) is 0.0377. The van der Waals surface area contributed by atoms with Gasteiger partial charge in [0.25, 0.3) is 0 Å². The molecule has 1 spiro atoms. The molecule has 0 aliphatic carbocycles. The number of phenols is 1. The normalized spacial score (nSPS) is 29.0. The molecule has 0 saturated carbocycles. The van der Waals surface area contributed by atoms with Crippen molar-refractivity contribution in [3.05, 3.63) is 34.9 Å². The molecule has 3 aliphatic rings. The highest BCUT2D eigenvalue weighted by Crippen LogP contribution is 2.58. The summed E-state index contributed by atoms with van der Waals surface area (Å²) in [6.07, 6.45) is 4.72. The van der Waals surface area contributed by atoms with Crippen molar-refractivity contribution < 1.29 is 33.3 Å². The number of aldehydes is 1. The average Bonchev–Trinajstić information content (AvgIpc) is 3.19. The average molecular weight is 616 g/mol. The topological polar surface area (TPSA) is 94.5 Å². The Bertz CT molecular complexity index is 1260. The quantitative estimate of drug-likeness (QED) is 0.197. The number of benzene rings is 1. The van der Waals surface area contributed by atoms with Crippen molar-refractivity contribution in [3.8, 4) is 11.5 Å². The Hall–Kier alpha value is -2.36. The molecule has 3 heterocycles. The molecule has 1 aromatic carbocycles. The third kappa shape index (κ3) is 6.69. The van der Waals surface area contributed by atoms with E-state index in [0.29, 0.717) is 44.4 Å². The molecule has 1 amide bonds. The zero-order valence-electron chi connectivity index (χ0n) is 28.1. The van der Waals surface area contributed by atoms with Crippen LogP contribution in [0.4, 0.5) is 4.79 Å². The molecule has 9 heteroatoms. The van der Waals surface area contributed by atoms with E-state index in [9.17, 15) is 14.7 Å². The maximum atomic E-state index is 13.8. The Kier molecular flexibility index (Phi) is 8.99. The first kappa shape index (κ1) is 33.5. The summed E-state index contributed by atoms with van der Waals surface area (Å²) in [7, 11) is -2.12. The molecular formula is C34H53NO7Si. The van der Waals surface area contributed by atoms with Crippen LogP contribution < -0.4 is 4.74 Å². The summed E-state index contributed by atoms with van der Waals surface area (Å²) >= 11 is 0. The second-order valence-electron chi connectivity index (χ2n) is 15.8. The van der Waals surface area contributed by atoms with Crippen LogP contribution in [0, 0.1) is 5.92 Å². The molecule has 240 valence electrons. The van der Waals surface area contributed by atoms with Crippen LogP contribution in [0.25, 0.3) is 0 Å². The van der Waals surface area contributed by atoms with Gasteiger partial charge >= 0.3 is 6.09 Å². The van der Waals surface area contributed by atoms with Crippen molar-refractivity contribution in [2.75, 3.05) is 13.2 Å². The number of nitrogens with zero attached hydrogens (tertiary/aromatic N) is 1. The van der Waals surface area contributed by atoms with Crippen molar-refractivity contribution in [1.29, 1.82) is 0 Å². The minimum absolute atomic E-state index is 0.0282. The Labute approximate surface area is 259 Å². The Balaban J connectivity index is 1.76. The van der Waals surface area contributed by atoms with Crippen LogP contribution in [-0.2, 0) is 13.9 Å². The zero-order valence-corrected chi connectivity index (χ0v) is 29.1. The smallest absolute Gasteiger partial charge is 0.410 e. The number of carbonyl (C=O) groups is 2. The molecule has 2 fully saturated rings. The molecule has 2 saturated heterocycles. The van der Waals surface area contributed by atoms with Gasteiger partial charge in [-0.15, -0.1) is 0 Å². The summed E-state index contributed by atoms with van der Waals surface area (Å²) in [5.41, 5.74) is 0.130. The van der Waals surface area contributed by atoms with Crippen molar-refractivity contribution in [2.24, 2.45) is 5.92 Å². The van der Waals surface area contributed by atoms with Gasteiger partial charge in [-0.2, -0.15) is 0 Å². The fraction of sp³-hybridized carbons (Fsp3) is 0.706. The van der Waals surface area contributed by atoms with Crippen LogP contribution in [0.3, 0.4) is 0 Å². The molecule has 8 nitrogen and oxygen atoms in total. The van der Waals surface area contributed by atoms with Crippen molar-refractivity contribution in [2.45, 2.75) is 135 Å². The van der Waals surface area contributed by atoms with Gasteiger partial charge in [-0.3, -0.25) is 9.69 Å². The molecule has 1 aromatic rings. The summed E-state index contributed by atoms with van der Waals surface area (Å²) in [4.78, 5) is 27.3. The van der Waals surface area contributed by atoms with E-state index in [1.165, 1.54) is 5.57 Å². The van der Waals surface area contributed by atoms with E-state index in [0.717, 1.165) is 12.0 Å². The third-order valence-corrected chi connectivity index (χ3v) is 14.4. The Morgan fingerprint density at radius 1 is 1.16 bits per heavy atom. The van der Waals surface area contributed by atoms with Crippen LogP contribution in [0.1, 0.15) is 110 Å². The number of allylic oxidation sites excluding steroid dienone is 2. The number of amides is 1. The van der Waals surface area contributed by atoms with Gasteiger partial charge in [-0.1, -0.05) is 38.5 Å².